The molecule has 0 aliphatic heterocycles. The van der Waals surface area contributed by atoms with Gasteiger partial charge in [-0.15, -0.1) is 0 Å². The van der Waals surface area contributed by atoms with Gasteiger partial charge in [-0.3, -0.25) is 0 Å². The molecule has 0 radical (unpaired) electrons. The van der Waals surface area contributed by atoms with Gasteiger partial charge in [0.1, 0.15) is 17.2 Å². The Morgan fingerprint density at radius 3 is 0.594 bits per heavy atom. The highest BCUT2D eigenvalue weighted by Gasteiger charge is 2.20. The van der Waals surface area contributed by atoms with Crippen LogP contribution in [0.5, 0.6) is 17.2 Å². The van der Waals surface area contributed by atoms with Crippen LogP contribution in [-0.4, -0.2) is 0 Å². The van der Waals surface area contributed by atoms with Crippen LogP contribution in [0.2, 0.25) is 0 Å². The summed E-state index contributed by atoms with van der Waals surface area (Å²) < 4.78 is 19.4. The van der Waals surface area contributed by atoms with Crippen LogP contribution >= 0.6 is 8.60 Å². The Morgan fingerprint density at radius 2 is 0.406 bits per heavy atom. The molecular formula is C60H99O3P. The number of aryl methyl sites for hydroxylation is 3. The van der Waals surface area contributed by atoms with Crippen molar-refractivity contribution in [3.63, 3.8) is 0 Å². The topological polar surface area (TPSA) is 27.7 Å². The molecule has 0 spiro atoms. The SMILES string of the molecule is CCCCCCCCCCCCCCc1ccc(OP(Oc2ccc(CCCCCCCCCCCCCC)cc2)Oc2ccc(CCCCCCCCCCCCCC)cc2)cc1. The van der Waals surface area contributed by atoms with E-state index in [4.69, 9.17) is 13.6 Å². The summed E-state index contributed by atoms with van der Waals surface area (Å²) in [7, 11) is -1.70. The lowest BCUT2D eigenvalue weighted by atomic mass is 10.0. The zero-order valence-corrected chi connectivity index (χ0v) is 43.1. The van der Waals surface area contributed by atoms with E-state index in [9.17, 15) is 0 Å². The maximum atomic E-state index is 6.47. The number of hydrogen-bond acceptors (Lipinski definition) is 3. The van der Waals surface area contributed by atoms with Crippen molar-refractivity contribution in [2.75, 3.05) is 0 Å². The van der Waals surface area contributed by atoms with Crippen molar-refractivity contribution < 1.29 is 13.6 Å². The lowest BCUT2D eigenvalue weighted by Crippen LogP contribution is -2.03. The third kappa shape index (κ3) is 30.6. The normalized spacial score (nSPS) is 11.4. The molecule has 64 heavy (non-hydrogen) atoms. The van der Waals surface area contributed by atoms with Gasteiger partial charge in [-0.2, -0.15) is 0 Å². The highest BCUT2D eigenvalue weighted by atomic mass is 31.2. The van der Waals surface area contributed by atoms with E-state index in [1.165, 1.54) is 248 Å². The lowest BCUT2D eigenvalue weighted by Gasteiger charge is -2.18. The molecule has 0 heterocycles. The van der Waals surface area contributed by atoms with Crippen molar-refractivity contribution in [3.05, 3.63) is 89.5 Å². The number of unbranched alkanes of at least 4 members (excludes halogenated alkanes) is 33. The summed E-state index contributed by atoms with van der Waals surface area (Å²) in [6.45, 7) is 6.89. The molecule has 3 nitrogen and oxygen atoms in total. The van der Waals surface area contributed by atoms with Gasteiger partial charge in [0, 0.05) is 0 Å². The number of benzene rings is 3. The molecule has 0 atom stereocenters. The third-order valence-corrected chi connectivity index (χ3v) is 14.3. The standard InChI is InChI=1S/C60H99O3P/c1-4-7-10-13-16-19-22-25-28-31-34-37-40-55-43-49-58(50-44-55)61-64(62-59-51-45-56(46-52-59)41-38-35-32-29-26-23-20-17-14-11-8-5-2)63-60-53-47-57(48-54-60)42-39-36-33-30-27-24-21-18-15-12-9-6-3/h43-54H,4-42H2,1-3H3. The summed E-state index contributed by atoms with van der Waals surface area (Å²) >= 11 is 0. The molecule has 0 N–H and O–H groups in total. The summed E-state index contributed by atoms with van der Waals surface area (Å²) in [5.41, 5.74) is 4.12. The molecule has 362 valence electrons. The minimum atomic E-state index is -1.70. The zero-order valence-electron chi connectivity index (χ0n) is 42.2. The average Bonchev–Trinajstić information content (AvgIpc) is 3.31. The van der Waals surface area contributed by atoms with Gasteiger partial charge < -0.3 is 13.6 Å². The first kappa shape index (κ1) is 55.8. The molecule has 3 aromatic carbocycles. The molecule has 0 bridgehead atoms. The van der Waals surface area contributed by atoms with Crippen LogP contribution in [-0.2, 0) is 19.3 Å². The van der Waals surface area contributed by atoms with Crippen molar-refractivity contribution in [1.29, 1.82) is 0 Å². The molecule has 3 rings (SSSR count). The van der Waals surface area contributed by atoms with Gasteiger partial charge >= 0.3 is 8.60 Å². The van der Waals surface area contributed by atoms with E-state index in [1.54, 1.807) is 0 Å². The summed E-state index contributed by atoms with van der Waals surface area (Å²) in [6, 6.07) is 25.9. The Bertz CT molecular complexity index is 1250. The Morgan fingerprint density at radius 1 is 0.234 bits per heavy atom. The van der Waals surface area contributed by atoms with Gasteiger partial charge in [-0.1, -0.05) is 269 Å². The Kier molecular flexibility index (Phi) is 35.5. The van der Waals surface area contributed by atoms with Crippen LogP contribution in [0.1, 0.15) is 269 Å². The molecule has 4 heteroatoms. The monoisotopic (exact) mass is 899 g/mol. The van der Waals surface area contributed by atoms with Crippen LogP contribution in [0.4, 0.5) is 0 Å². The van der Waals surface area contributed by atoms with Gasteiger partial charge in [0.05, 0.1) is 0 Å². The quantitative estimate of drug-likeness (QED) is 0.0418. The molecule has 0 unspecified atom stereocenters. The van der Waals surface area contributed by atoms with Gasteiger partial charge in [0.15, 0.2) is 0 Å². The van der Waals surface area contributed by atoms with Crippen molar-refractivity contribution in [1.82, 2.24) is 0 Å². The first-order valence-corrected chi connectivity index (χ1v) is 28.9. The average molecular weight is 899 g/mol. The Balaban J connectivity index is 1.42. The molecule has 0 aliphatic carbocycles. The molecule has 0 amide bonds. The summed E-state index contributed by atoms with van der Waals surface area (Å²) in [4.78, 5) is 0. The van der Waals surface area contributed by atoms with Crippen LogP contribution < -0.4 is 13.6 Å². The predicted octanol–water partition coefficient (Wildman–Crippen LogP) is 21.2. The second kappa shape index (κ2) is 40.7. The molecule has 0 fully saturated rings. The Hall–Kier alpha value is -2.51. The van der Waals surface area contributed by atoms with Gasteiger partial charge in [0.25, 0.3) is 0 Å². The van der Waals surface area contributed by atoms with E-state index in [0.717, 1.165) is 36.5 Å². The minimum absolute atomic E-state index is 0.789. The van der Waals surface area contributed by atoms with Crippen molar-refractivity contribution >= 4 is 8.60 Å². The van der Waals surface area contributed by atoms with E-state index in [0.29, 0.717) is 0 Å². The van der Waals surface area contributed by atoms with Crippen LogP contribution in [0.3, 0.4) is 0 Å². The highest BCUT2D eigenvalue weighted by molar-refractivity contribution is 7.43. The van der Waals surface area contributed by atoms with Gasteiger partial charge in [0.2, 0.25) is 0 Å². The summed E-state index contributed by atoms with van der Waals surface area (Å²) in [5.74, 6) is 2.37. The van der Waals surface area contributed by atoms with E-state index in [2.05, 4.69) is 93.6 Å². The van der Waals surface area contributed by atoms with Gasteiger partial charge in [-0.25, -0.2) is 0 Å². The zero-order chi connectivity index (χ0) is 45.2. The molecule has 3 aromatic rings. The minimum Gasteiger partial charge on any atom is -0.409 e. The number of hydrogen-bond donors (Lipinski definition) is 0. The van der Waals surface area contributed by atoms with Crippen molar-refractivity contribution in [3.8, 4) is 17.2 Å². The second-order valence-electron chi connectivity index (χ2n) is 19.3. The Labute approximate surface area is 398 Å². The molecular weight excluding hydrogens is 800 g/mol. The van der Waals surface area contributed by atoms with E-state index in [1.807, 2.05) is 0 Å². The maximum Gasteiger partial charge on any atom is 0.530 e. The lowest BCUT2D eigenvalue weighted by molar-refractivity contribution is 0.388. The van der Waals surface area contributed by atoms with Gasteiger partial charge in [-0.05, 0) is 91.6 Å². The maximum absolute atomic E-state index is 6.47. The number of rotatable bonds is 45. The van der Waals surface area contributed by atoms with Crippen LogP contribution in [0, 0.1) is 0 Å². The molecule has 0 saturated carbocycles. The first-order valence-electron chi connectivity index (χ1n) is 27.8. The van der Waals surface area contributed by atoms with Crippen LogP contribution in [0.15, 0.2) is 72.8 Å². The molecule has 0 saturated heterocycles. The summed E-state index contributed by atoms with van der Waals surface area (Å²) in [6.07, 6.45) is 53.1. The van der Waals surface area contributed by atoms with E-state index in [-0.39, 0.29) is 0 Å². The fraction of sp³-hybridized carbons (Fsp3) is 0.700. The highest BCUT2D eigenvalue weighted by Crippen LogP contribution is 2.42. The molecule has 0 aromatic heterocycles. The first-order chi connectivity index (χ1) is 31.7. The largest absolute Gasteiger partial charge is 0.530 e. The van der Waals surface area contributed by atoms with Crippen molar-refractivity contribution in [2.45, 2.75) is 271 Å². The fourth-order valence-corrected chi connectivity index (χ4v) is 9.97. The smallest absolute Gasteiger partial charge is 0.409 e. The van der Waals surface area contributed by atoms with E-state index < -0.39 is 8.60 Å². The van der Waals surface area contributed by atoms with Crippen molar-refractivity contribution in [2.24, 2.45) is 0 Å². The summed E-state index contributed by atoms with van der Waals surface area (Å²) in [5, 5.41) is 0. The fourth-order valence-electron chi connectivity index (χ4n) is 8.98. The molecule has 0 aliphatic rings. The third-order valence-electron chi connectivity index (χ3n) is 13.3. The second-order valence-corrected chi connectivity index (χ2v) is 20.3. The predicted molar refractivity (Wildman–Crippen MR) is 282 cm³/mol. The van der Waals surface area contributed by atoms with Crippen LogP contribution in [0.25, 0.3) is 0 Å². The van der Waals surface area contributed by atoms with E-state index >= 15 is 0 Å².